The van der Waals surface area contributed by atoms with E-state index in [4.69, 9.17) is 10.5 Å². The van der Waals surface area contributed by atoms with Crippen molar-refractivity contribution >= 4 is 5.69 Å². The van der Waals surface area contributed by atoms with E-state index in [1.807, 2.05) is 0 Å². The summed E-state index contributed by atoms with van der Waals surface area (Å²) in [6.45, 7) is 1.31. The highest BCUT2D eigenvalue weighted by atomic mass is 16.5. The van der Waals surface area contributed by atoms with Crippen molar-refractivity contribution < 1.29 is 14.9 Å². The van der Waals surface area contributed by atoms with Crippen LogP contribution in [0.2, 0.25) is 0 Å². The lowest BCUT2D eigenvalue weighted by atomic mass is 9.90. The Morgan fingerprint density at radius 3 is 2.94 bits per heavy atom. The number of aliphatic hydroxyl groups is 1. The number of aliphatic hydroxyl groups excluding tert-OH is 1. The maximum Gasteiger partial charge on any atom is 0.138 e. The van der Waals surface area contributed by atoms with Gasteiger partial charge in [0.25, 0.3) is 0 Å². The molecule has 4 heteroatoms. The van der Waals surface area contributed by atoms with E-state index in [1.165, 1.54) is 6.07 Å². The van der Waals surface area contributed by atoms with Gasteiger partial charge in [-0.25, -0.2) is 0 Å². The fraction of sp³-hybridized carbons (Fsp3) is 0.500. The third kappa shape index (κ3) is 2.13. The molecule has 1 heterocycles. The first-order valence-electron chi connectivity index (χ1n) is 5.53. The number of nitrogens with two attached hydrogens (primary N) is 1. The lowest BCUT2D eigenvalue weighted by Gasteiger charge is -2.27. The van der Waals surface area contributed by atoms with Crippen LogP contribution in [0.25, 0.3) is 0 Å². The third-order valence-corrected chi connectivity index (χ3v) is 3.08. The van der Waals surface area contributed by atoms with Gasteiger partial charge in [0.05, 0.1) is 18.4 Å². The molecule has 0 radical (unpaired) electrons. The zero-order valence-electron chi connectivity index (χ0n) is 9.10. The molecule has 0 aromatic heterocycles. The van der Waals surface area contributed by atoms with Crippen LogP contribution in [-0.2, 0) is 4.74 Å². The standard InChI is InChI=1S/C12H17NO3/c13-11-9(4-1-5-10(11)14)12(15)8-3-2-6-16-7-8/h1,4-5,8,12,14-15H,2-3,6-7,13H2. The number of nitrogen functional groups attached to an aromatic ring is 1. The van der Waals surface area contributed by atoms with E-state index in [2.05, 4.69) is 0 Å². The fourth-order valence-corrected chi connectivity index (χ4v) is 2.10. The first kappa shape index (κ1) is 11.2. The Kier molecular flexibility index (Phi) is 3.31. The topological polar surface area (TPSA) is 75.7 Å². The Morgan fingerprint density at radius 2 is 2.25 bits per heavy atom. The smallest absolute Gasteiger partial charge is 0.138 e. The zero-order chi connectivity index (χ0) is 11.5. The zero-order valence-corrected chi connectivity index (χ0v) is 9.10. The van der Waals surface area contributed by atoms with Gasteiger partial charge in [-0.3, -0.25) is 0 Å². The second-order valence-electron chi connectivity index (χ2n) is 4.20. The van der Waals surface area contributed by atoms with Gasteiger partial charge in [0.2, 0.25) is 0 Å². The maximum atomic E-state index is 10.2. The van der Waals surface area contributed by atoms with Gasteiger partial charge in [-0.1, -0.05) is 12.1 Å². The number of rotatable bonds is 2. The summed E-state index contributed by atoms with van der Waals surface area (Å²) in [4.78, 5) is 0. The van der Waals surface area contributed by atoms with Crippen molar-refractivity contribution in [1.29, 1.82) is 0 Å². The Balaban J connectivity index is 2.19. The molecule has 1 aromatic carbocycles. The summed E-state index contributed by atoms with van der Waals surface area (Å²) in [6.07, 6.45) is 1.23. The fourth-order valence-electron chi connectivity index (χ4n) is 2.10. The van der Waals surface area contributed by atoms with Gasteiger partial charge in [-0.15, -0.1) is 0 Å². The number of ether oxygens (including phenoxy) is 1. The third-order valence-electron chi connectivity index (χ3n) is 3.08. The van der Waals surface area contributed by atoms with E-state index >= 15 is 0 Å². The van der Waals surface area contributed by atoms with Crippen LogP contribution in [0.4, 0.5) is 5.69 Å². The Morgan fingerprint density at radius 1 is 1.44 bits per heavy atom. The molecule has 16 heavy (non-hydrogen) atoms. The molecule has 4 nitrogen and oxygen atoms in total. The second-order valence-corrected chi connectivity index (χ2v) is 4.20. The van der Waals surface area contributed by atoms with Gasteiger partial charge in [0.15, 0.2) is 0 Å². The summed E-state index contributed by atoms with van der Waals surface area (Å²) in [5, 5.41) is 19.7. The quantitative estimate of drug-likeness (QED) is 0.523. The molecule has 88 valence electrons. The van der Waals surface area contributed by atoms with Crippen molar-refractivity contribution in [1.82, 2.24) is 0 Å². The minimum atomic E-state index is -0.660. The molecule has 2 unspecified atom stereocenters. The maximum absolute atomic E-state index is 10.2. The molecule has 1 aromatic rings. The molecule has 1 fully saturated rings. The Bertz CT molecular complexity index is 361. The molecule has 0 spiro atoms. The minimum absolute atomic E-state index is 0.0216. The number of para-hydroxylation sites is 1. The van der Waals surface area contributed by atoms with Crippen molar-refractivity contribution in [3.8, 4) is 5.75 Å². The summed E-state index contributed by atoms with van der Waals surface area (Å²) >= 11 is 0. The van der Waals surface area contributed by atoms with Crippen molar-refractivity contribution in [2.45, 2.75) is 18.9 Å². The first-order chi connectivity index (χ1) is 7.70. The van der Waals surface area contributed by atoms with Crippen LogP contribution in [0.15, 0.2) is 18.2 Å². The van der Waals surface area contributed by atoms with Gasteiger partial charge in [0, 0.05) is 18.1 Å². The Hall–Kier alpha value is -1.26. The number of phenols is 1. The average Bonchev–Trinajstić information content (AvgIpc) is 2.33. The molecule has 2 rings (SSSR count). The number of hydrogen-bond donors (Lipinski definition) is 3. The first-order valence-corrected chi connectivity index (χ1v) is 5.53. The molecule has 1 aliphatic heterocycles. The predicted octanol–water partition coefficient (Wildman–Crippen LogP) is 1.43. The molecule has 0 aliphatic carbocycles. The summed E-state index contributed by atoms with van der Waals surface area (Å²) in [5.74, 6) is 0.0890. The number of aromatic hydroxyl groups is 1. The highest BCUT2D eigenvalue weighted by Gasteiger charge is 2.25. The molecule has 0 saturated carbocycles. The molecule has 2 atom stereocenters. The van der Waals surface area contributed by atoms with E-state index in [-0.39, 0.29) is 17.4 Å². The summed E-state index contributed by atoms with van der Waals surface area (Å²) in [5.41, 5.74) is 6.60. The van der Waals surface area contributed by atoms with Crippen LogP contribution in [0.3, 0.4) is 0 Å². The summed E-state index contributed by atoms with van der Waals surface area (Å²) < 4.78 is 5.33. The summed E-state index contributed by atoms with van der Waals surface area (Å²) in [7, 11) is 0. The van der Waals surface area contributed by atoms with Crippen LogP contribution in [0.1, 0.15) is 24.5 Å². The Labute approximate surface area is 94.7 Å². The lowest BCUT2D eigenvalue weighted by molar-refractivity contribution is -0.00974. The summed E-state index contributed by atoms with van der Waals surface area (Å²) in [6, 6.07) is 4.95. The molecule has 0 amide bonds. The molecule has 0 bridgehead atoms. The van der Waals surface area contributed by atoms with E-state index in [1.54, 1.807) is 12.1 Å². The molecule has 1 saturated heterocycles. The second kappa shape index (κ2) is 4.72. The van der Waals surface area contributed by atoms with Gasteiger partial charge in [-0.2, -0.15) is 0 Å². The van der Waals surface area contributed by atoms with Crippen molar-refractivity contribution in [3.05, 3.63) is 23.8 Å². The monoisotopic (exact) mass is 223 g/mol. The van der Waals surface area contributed by atoms with Crippen molar-refractivity contribution in [2.24, 2.45) is 5.92 Å². The molecular formula is C12H17NO3. The van der Waals surface area contributed by atoms with Crippen LogP contribution in [-0.4, -0.2) is 23.4 Å². The van der Waals surface area contributed by atoms with Crippen LogP contribution in [0, 0.1) is 5.92 Å². The highest BCUT2D eigenvalue weighted by molar-refractivity contribution is 5.58. The SMILES string of the molecule is Nc1c(O)cccc1C(O)C1CCCOC1. The normalized spacial score (nSPS) is 22.9. The van der Waals surface area contributed by atoms with Gasteiger partial charge in [0.1, 0.15) is 5.75 Å². The molecule has 4 N–H and O–H groups in total. The van der Waals surface area contributed by atoms with Crippen LogP contribution >= 0.6 is 0 Å². The van der Waals surface area contributed by atoms with E-state index in [9.17, 15) is 10.2 Å². The van der Waals surface area contributed by atoms with Crippen LogP contribution < -0.4 is 5.73 Å². The van der Waals surface area contributed by atoms with Crippen molar-refractivity contribution in [3.63, 3.8) is 0 Å². The number of hydrogen-bond acceptors (Lipinski definition) is 4. The molecule has 1 aliphatic rings. The number of benzene rings is 1. The van der Waals surface area contributed by atoms with E-state index in [0.717, 1.165) is 19.4 Å². The average molecular weight is 223 g/mol. The van der Waals surface area contributed by atoms with Gasteiger partial charge < -0.3 is 20.7 Å². The lowest BCUT2D eigenvalue weighted by Crippen LogP contribution is -2.24. The highest BCUT2D eigenvalue weighted by Crippen LogP contribution is 2.35. The van der Waals surface area contributed by atoms with E-state index < -0.39 is 6.10 Å². The van der Waals surface area contributed by atoms with Gasteiger partial charge >= 0.3 is 0 Å². The molecular weight excluding hydrogens is 206 g/mol. The van der Waals surface area contributed by atoms with Crippen LogP contribution in [0.5, 0.6) is 5.75 Å². The number of phenolic OH excluding ortho intramolecular Hbond substituents is 1. The van der Waals surface area contributed by atoms with E-state index in [0.29, 0.717) is 12.2 Å². The minimum Gasteiger partial charge on any atom is -0.506 e. The largest absolute Gasteiger partial charge is 0.506 e. The number of anilines is 1. The van der Waals surface area contributed by atoms with Crippen molar-refractivity contribution in [2.75, 3.05) is 18.9 Å². The predicted molar refractivity (Wildman–Crippen MR) is 61.0 cm³/mol. The van der Waals surface area contributed by atoms with Gasteiger partial charge in [-0.05, 0) is 18.9 Å².